The minimum atomic E-state index is -0.421. The smallest absolute Gasteiger partial charge is 0.122 e. The molecule has 0 bridgehead atoms. The van der Waals surface area contributed by atoms with Crippen molar-refractivity contribution in [3.8, 4) is 5.75 Å². The molecule has 2 heteroatoms. The first-order valence-corrected chi connectivity index (χ1v) is 7.29. The average molecular weight is 266 g/mol. The van der Waals surface area contributed by atoms with Crippen molar-refractivity contribution in [3.05, 3.63) is 65.2 Å². The van der Waals surface area contributed by atoms with Crippen LogP contribution >= 0.6 is 0 Å². The van der Waals surface area contributed by atoms with E-state index in [1.165, 1.54) is 11.1 Å². The summed E-state index contributed by atoms with van der Waals surface area (Å²) < 4.78 is 5.54. The topological polar surface area (TPSA) is 29.5 Å². The largest absolute Gasteiger partial charge is 0.493 e. The second-order valence-corrected chi connectivity index (χ2v) is 5.89. The van der Waals surface area contributed by atoms with Crippen LogP contribution in [0.15, 0.2) is 48.5 Å². The third kappa shape index (κ3) is 1.75. The molecule has 1 aliphatic heterocycles. The molecule has 1 saturated carbocycles. The quantitative estimate of drug-likeness (QED) is 0.922. The molecule has 0 amide bonds. The van der Waals surface area contributed by atoms with Gasteiger partial charge in [-0.15, -0.1) is 0 Å². The second-order valence-electron chi connectivity index (χ2n) is 5.89. The molecule has 1 aliphatic carbocycles. The number of aliphatic hydroxyl groups excluding tert-OH is 1. The minimum absolute atomic E-state index is 0.0744. The van der Waals surface area contributed by atoms with Crippen LogP contribution in [0.1, 0.15) is 35.6 Å². The van der Waals surface area contributed by atoms with Gasteiger partial charge in [-0.2, -0.15) is 0 Å². The Morgan fingerprint density at radius 3 is 2.60 bits per heavy atom. The van der Waals surface area contributed by atoms with Crippen molar-refractivity contribution in [2.24, 2.45) is 0 Å². The molecule has 0 radical (unpaired) electrons. The molecule has 1 N–H and O–H groups in total. The molecule has 1 unspecified atom stereocenters. The fourth-order valence-electron chi connectivity index (χ4n) is 3.32. The van der Waals surface area contributed by atoms with Crippen molar-refractivity contribution >= 4 is 0 Å². The molecule has 0 saturated heterocycles. The van der Waals surface area contributed by atoms with Crippen LogP contribution < -0.4 is 4.74 Å². The lowest BCUT2D eigenvalue weighted by atomic mass is 9.85. The van der Waals surface area contributed by atoms with Gasteiger partial charge in [-0.3, -0.25) is 0 Å². The van der Waals surface area contributed by atoms with Crippen LogP contribution in [0.5, 0.6) is 5.75 Å². The zero-order valence-electron chi connectivity index (χ0n) is 11.4. The SMILES string of the molecule is OC(c1ccc2c(c1)CCO2)C1(c2ccccc2)CC1. The summed E-state index contributed by atoms with van der Waals surface area (Å²) in [6, 6.07) is 16.5. The average Bonchev–Trinajstić information content (AvgIpc) is 3.18. The molecule has 2 aromatic carbocycles. The number of rotatable bonds is 3. The second kappa shape index (κ2) is 4.35. The van der Waals surface area contributed by atoms with Crippen molar-refractivity contribution in [1.29, 1.82) is 0 Å². The van der Waals surface area contributed by atoms with Crippen molar-refractivity contribution < 1.29 is 9.84 Å². The van der Waals surface area contributed by atoms with Gasteiger partial charge < -0.3 is 9.84 Å². The molecule has 0 aromatic heterocycles. The summed E-state index contributed by atoms with van der Waals surface area (Å²) in [4.78, 5) is 0. The normalized spacial score (nSPS) is 20.1. The lowest BCUT2D eigenvalue weighted by Crippen LogP contribution is -2.18. The van der Waals surface area contributed by atoms with Gasteiger partial charge in [-0.05, 0) is 41.7 Å². The Bertz CT molecular complexity index is 629. The van der Waals surface area contributed by atoms with Crippen LogP contribution in [0.2, 0.25) is 0 Å². The molecule has 0 spiro atoms. The Hall–Kier alpha value is -1.80. The summed E-state index contributed by atoms with van der Waals surface area (Å²) in [5.41, 5.74) is 3.43. The van der Waals surface area contributed by atoms with E-state index < -0.39 is 6.10 Å². The fourth-order valence-corrected chi connectivity index (χ4v) is 3.32. The molecule has 4 rings (SSSR count). The van der Waals surface area contributed by atoms with E-state index in [-0.39, 0.29) is 5.41 Å². The number of aliphatic hydroxyl groups is 1. The molecular formula is C18H18O2. The Kier molecular flexibility index (Phi) is 2.61. The van der Waals surface area contributed by atoms with E-state index in [2.05, 4.69) is 30.3 Å². The molecule has 102 valence electrons. The number of fused-ring (bicyclic) bond motifs is 1. The summed E-state index contributed by atoms with van der Waals surface area (Å²) in [5, 5.41) is 10.9. The van der Waals surface area contributed by atoms with E-state index in [0.717, 1.165) is 37.2 Å². The minimum Gasteiger partial charge on any atom is -0.493 e. The first-order chi connectivity index (χ1) is 9.79. The van der Waals surface area contributed by atoms with Gasteiger partial charge in [0.25, 0.3) is 0 Å². The lowest BCUT2D eigenvalue weighted by molar-refractivity contribution is 0.133. The van der Waals surface area contributed by atoms with E-state index in [1.54, 1.807) is 0 Å². The summed E-state index contributed by atoms with van der Waals surface area (Å²) in [5.74, 6) is 0.977. The number of ether oxygens (including phenoxy) is 1. The first kappa shape index (κ1) is 12.0. The Morgan fingerprint density at radius 1 is 1.05 bits per heavy atom. The van der Waals surface area contributed by atoms with Crippen LogP contribution in [0, 0.1) is 0 Å². The number of benzene rings is 2. The highest BCUT2D eigenvalue weighted by molar-refractivity contribution is 5.44. The van der Waals surface area contributed by atoms with Gasteiger partial charge in [-0.1, -0.05) is 36.4 Å². The Morgan fingerprint density at radius 2 is 1.85 bits per heavy atom. The van der Waals surface area contributed by atoms with Crippen molar-refractivity contribution in [2.75, 3.05) is 6.61 Å². The van der Waals surface area contributed by atoms with E-state index in [0.29, 0.717) is 0 Å². The van der Waals surface area contributed by atoms with Gasteiger partial charge in [0.1, 0.15) is 5.75 Å². The van der Waals surface area contributed by atoms with Crippen LogP contribution in [-0.4, -0.2) is 11.7 Å². The van der Waals surface area contributed by atoms with Gasteiger partial charge >= 0.3 is 0 Å². The molecular weight excluding hydrogens is 248 g/mol. The maximum absolute atomic E-state index is 10.9. The van der Waals surface area contributed by atoms with Crippen LogP contribution in [0.4, 0.5) is 0 Å². The Labute approximate surface area is 119 Å². The molecule has 2 nitrogen and oxygen atoms in total. The predicted octanol–water partition coefficient (Wildman–Crippen LogP) is 3.39. The van der Waals surface area contributed by atoms with Crippen molar-refractivity contribution in [2.45, 2.75) is 30.8 Å². The van der Waals surface area contributed by atoms with E-state index in [1.807, 2.05) is 18.2 Å². The van der Waals surface area contributed by atoms with Crippen LogP contribution in [0.25, 0.3) is 0 Å². The molecule has 20 heavy (non-hydrogen) atoms. The highest BCUT2D eigenvalue weighted by Crippen LogP contribution is 2.56. The summed E-state index contributed by atoms with van der Waals surface area (Å²) >= 11 is 0. The predicted molar refractivity (Wildman–Crippen MR) is 78.0 cm³/mol. The van der Waals surface area contributed by atoms with E-state index >= 15 is 0 Å². The third-order valence-corrected chi connectivity index (χ3v) is 4.69. The Balaban J connectivity index is 1.69. The standard InChI is InChI=1S/C18H18O2/c19-17(14-6-7-16-13(12-14)8-11-20-16)18(9-10-18)15-4-2-1-3-5-15/h1-7,12,17,19H,8-11H2. The zero-order chi connectivity index (χ0) is 13.6. The maximum atomic E-state index is 10.9. The zero-order valence-corrected chi connectivity index (χ0v) is 11.4. The first-order valence-electron chi connectivity index (χ1n) is 7.29. The molecule has 2 aromatic rings. The molecule has 2 aliphatic rings. The fraction of sp³-hybridized carbons (Fsp3) is 0.333. The van der Waals surface area contributed by atoms with Gasteiger partial charge in [0.15, 0.2) is 0 Å². The molecule has 1 heterocycles. The summed E-state index contributed by atoms with van der Waals surface area (Å²) in [7, 11) is 0. The van der Waals surface area contributed by atoms with Crippen molar-refractivity contribution in [3.63, 3.8) is 0 Å². The van der Waals surface area contributed by atoms with Crippen molar-refractivity contribution in [1.82, 2.24) is 0 Å². The van der Waals surface area contributed by atoms with Gasteiger partial charge in [-0.25, -0.2) is 0 Å². The third-order valence-electron chi connectivity index (χ3n) is 4.69. The highest BCUT2D eigenvalue weighted by atomic mass is 16.5. The number of hydrogen-bond donors (Lipinski definition) is 1. The monoisotopic (exact) mass is 266 g/mol. The summed E-state index contributed by atoms with van der Waals surface area (Å²) in [6.45, 7) is 0.763. The van der Waals surface area contributed by atoms with Gasteiger partial charge in [0, 0.05) is 11.8 Å². The highest BCUT2D eigenvalue weighted by Gasteiger charge is 2.50. The molecule has 1 atom stereocenters. The van der Waals surface area contributed by atoms with Crippen LogP contribution in [-0.2, 0) is 11.8 Å². The van der Waals surface area contributed by atoms with Gasteiger partial charge in [0.05, 0.1) is 12.7 Å². The maximum Gasteiger partial charge on any atom is 0.122 e. The number of hydrogen-bond acceptors (Lipinski definition) is 2. The lowest BCUT2D eigenvalue weighted by Gasteiger charge is -2.23. The van der Waals surface area contributed by atoms with Crippen LogP contribution in [0.3, 0.4) is 0 Å². The van der Waals surface area contributed by atoms with E-state index in [9.17, 15) is 5.11 Å². The summed E-state index contributed by atoms with van der Waals surface area (Å²) in [6.07, 6.45) is 2.65. The van der Waals surface area contributed by atoms with E-state index in [4.69, 9.17) is 4.74 Å². The molecule has 1 fully saturated rings. The van der Waals surface area contributed by atoms with Gasteiger partial charge in [0.2, 0.25) is 0 Å².